The van der Waals surface area contributed by atoms with Gasteiger partial charge in [-0.3, -0.25) is 9.59 Å². The number of carboxylic acids is 1. The standard InChI is InChI=1S/C11H17NO4/c1-7-4-9(2-3-16-7)12-6-8(11(14)15)5-10(12)13/h7-9H,2-6H2,1H3,(H,14,15). The highest BCUT2D eigenvalue weighted by Gasteiger charge is 2.39. The summed E-state index contributed by atoms with van der Waals surface area (Å²) in [7, 11) is 0. The second-order valence-corrected chi connectivity index (χ2v) is 4.64. The smallest absolute Gasteiger partial charge is 0.308 e. The number of carbonyl (C=O) groups is 2. The van der Waals surface area contributed by atoms with Crippen LogP contribution in [0.3, 0.4) is 0 Å². The van der Waals surface area contributed by atoms with Crippen molar-refractivity contribution in [2.45, 2.75) is 38.3 Å². The van der Waals surface area contributed by atoms with Crippen LogP contribution in [0.15, 0.2) is 0 Å². The summed E-state index contributed by atoms with van der Waals surface area (Å²) in [6.45, 7) is 3.01. The quantitative estimate of drug-likeness (QED) is 0.745. The van der Waals surface area contributed by atoms with Crippen molar-refractivity contribution in [1.82, 2.24) is 4.90 Å². The Labute approximate surface area is 94.4 Å². The van der Waals surface area contributed by atoms with Crippen LogP contribution in [0.1, 0.15) is 26.2 Å². The molecule has 2 fully saturated rings. The van der Waals surface area contributed by atoms with E-state index < -0.39 is 11.9 Å². The molecule has 3 unspecified atom stereocenters. The van der Waals surface area contributed by atoms with E-state index in [2.05, 4.69) is 0 Å². The highest BCUT2D eigenvalue weighted by atomic mass is 16.5. The van der Waals surface area contributed by atoms with Gasteiger partial charge in [0, 0.05) is 25.6 Å². The number of hydrogen-bond donors (Lipinski definition) is 1. The van der Waals surface area contributed by atoms with E-state index in [-0.39, 0.29) is 24.5 Å². The molecule has 0 aromatic carbocycles. The molecule has 2 saturated heterocycles. The van der Waals surface area contributed by atoms with Crippen molar-refractivity contribution in [1.29, 1.82) is 0 Å². The summed E-state index contributed by atoms with van der Waals surface area (Å²) < 4.78 is 5.42. The predicted molar refractivity (Wildman–Crippen MR) is 55.9 cm³/mol. The molecule has 16 heavy (non-hydrogen) atoms. The van der Waals surface area contributed by atoms with E-state index in [0.717, 1.165) is 12.8 Å². The van der Waals surface area contributed by atoms with Crippen LogP contribution in [-0.4, -0.2) is 47.2 Å². The van der Waals surface area contributed by atoms with E-state index in [1.165, 1.54) is 0 Å². The Balaban J connectivity index is 1.99. The van der Waals surface area contributed by atoms with E-state index in [1.807, 2.05) is 6.92 Å². The second-order valence-electron chi connectivity index (χ2n) is 4.64. The predicted octanol–water partition coefficient (Wildman–Crippen LogP) is 0.487. The number of amides is 1. The summed E-state index contributed by atoms with van der Waals surface area (Å²) in [6.07, 6.45) is 1.96. The molecule has 1 N–H and O–H groups in total. The van der Waals surface area contributed by atoms with Gasteiger partial charge < -0.3 is 14.7 Å². The number of ether oxygens (including phenoxy) is 1. The van der Waals surface area contributed by atoms with E-state index in [0.29, 0.717) is 13.2 Å². The van der Waals surface area contributed by atoms with Crippen LogP contribution >= 0.6 is 0 Å². The summed E-state index contributed by atoms with van der Waals surface area (Å²) in [6, 6.07) is 0.167. The minimum atomic E-state index is -0.865. The van der Waals surface area contributed by atoms with Gasteiger partial charge in [0.2, 0.25) is 5.91 Å². The minimum absolute atomic E-state index is 0.0218. The fraction of sp³-hybridized carbons (Fsp3) is 0.818. The molecule has 0 radical (unpaired) electrons. The van der Waals surface area contributed by atoms with Crippen LogP contribution < -0.4 is 0 Å². The van der Waals surface area contributed by atoms with Crippen molar-refractivity contribution in [3.8, 4) is 0 Å². The first-order valence-electron chi connectivity index (χ1n) is 5.72. The fourth-order valence-electron chi connectivity index (χ4n) is 2.51. The van der Waals surface area contributed by atoms with Crippen molar-refractivity contribution in [3.63, 3.8) is 0 Å². The third-order valence-corrected chi connectivity index (χ3v) is 3.41. The number of hydrogen-bond acceptors (Lipinski definition) is 3. The molecule has 0 aromatic rings. The monoisotopic (exact) mass is 227 g/mol. The number of aliphatic carboxylic acids is 1. The van der Waals surface area contributed by atoms with Gasteiger partial charge >= 0.3 is 5.97 Å². The lowest BCUT2D eigenvalue weighted by atomic mass is 10.0. The molecule has 5 heteroatoms. The molecule has 5 nitrogen and oxygen atoms in total. The summed E-state index contributed by atoms with van der Waals surface area (Å²) >= 11 is 0. The van der Waals surface area contributed by atoms with E-state index in [4.69, 9.17) is 9.84 Å². The van der Waals surface area contributed by atoms with E-state index >= 15 is 0 Å². The Kier molecular flexibility index (Phi) is 3.14. The number of rotatable bonds is 2. The van der Waals surface area contributed by atoms with Gasteiger partial charge in [-0.15, -0.1) is 0 Å². The van der Waals surface area contributed by atoms with Crippen LogP contribution in [-0.2, 0) is 14.3 Å². The highest BCUT2D eigenvalue weighted by Crippen LogP contribution is 2.26. The van der Waals surface area contributed by atoms with Crippen LogP contribution in [0.25, 0.3) is 0 Å². The molecule has 0 spiro atoms. The zero-order valence-corrected chi connectivity index (χ0v) is 9.39. The van der Waals surface area contributed by atoms with Crippen molar-refractivity contribution in [2.24, 2.45) is 5.92 Å². The Morgan fingerprint density at radius 2 is 2.31 bits per heavy atom. The highest BCUT2D eigenvalue weighted by molar-refractivity contribution is 5.86. The van der Waals surface area contributed by atoms with Crippen molar-refractivity contribution in [3.05, 3.63) is 0 Å². The van der Waals surface area contributed by atoms with Crippen LogP contribution in [0, 0.1) is 5.92 Å². The molecule has 0 aromatic heterocycles. The second kappa shape index (κ2) is 4.41. The Morgan fingerprint density at radius 3 is 2.88 bits per heavy atom. The van der Waals surface area contributed by atoms with Crippen molar-refractivity contribution >= 4 is 11.9 Å². The Morgan fingerprint density at radius 1 is 1.56 bits per heavy atom. The molecule has 2 aliphatic heterocycles. The van der Waals surface area contributed by atoms with Crippen molar-refractivity contribution < 1.29 is 19.4 Å². The average molecular weight is 227 g/mol. The van der Waals surface area contributed by atoms with Gasteiger partial charge in [0.15, 0.2) is 0 Å². The van der Waals surface area contributed by atoms with Gasteiger partial charge in [-0.1, -0.05) is 0 Å². The minimum Gasteiger partial charge on any atom is -0.481 e. The van der Waals surface area contributed by atoms with Crippen molar-refractivity contribution in [2.75, 3.05) is 13.2 Å². The lowest BCUT2D eigenvalue weighted by Gasteiger charge is -2.34. The summed E-state index contributed by atoms with van der Waals surface area (Å²) in [4.78, 5) is 24.3. The van der Waals surface area contributed by atoms with Gasteiger partial charge in [-0.05, 0) is 19.8 Å². The van der Waals surface area contributed by atoms with E-state index in [1.54, 1.807) is 4.90 Å². The topological polar surface area (TPSA) is 66.8 Å². The first-order chi connectivity index (χ1) is 7.58. The fourth-order valence-corrected chi connectivity index (χ4v) is 2.51. The van der Waals surface area contributed by atoms with Gasteiger partial charge in [0.25, 0.3) is 0 Å². The third kappa shape index (κ3) is 2.19. The molecule has 90 valence electrons. The van der Waals surface area contributed by atoms with Crippen LogP contribution in [0.5, 0.6) is 0 Å². The zero-order chi connectivity index (χ0) is 11.7. The molecule has 0 bridgehead atoms. The van der Waals surface area contributed by atoms with E-state index in [9.17, 15) is 9.59 Å². The lowest BCUT2D eigenvalue weighted by molar-refractivity contribution is -0.141. The molecule has 0 aliphatic carbocycles. The largest absolute Gasteiger partial charge is 0.481 e. The Bertz CT molecular complexity index is 304. The Hall–Kier alpha value is -1.10. The number of likely N-dealkylation sites (tertiary alicyclic amines) is 1. The molecule has 2 heterocycles. The first kappa shape index (κ1) is 11.4. The third-order valence-electron chi connectivity index (χ3n) is 3.41. The maximum atomic E-state index is 11.7. The maximum Gasteiger partial charge on any atom is 0.308 e. The number of nitrogens with zero attached hydrogens (tertiary/aromatic N) is 1. The normalized spacial score (nSPS) is 35.4. The molecule has 2 rings (SSSR count). The average Bonchev–Trinajstić information content (AvgIpc) is 2.60. The van der Waals surface area contributed by atoms with Gasteiger partial charge in [-0.25, -0.2) is 0 Å². The summed E-state index contributed by atoms with van der Waals surface area (Å²) in [5.41, 5.74) is 0. The number of carbonyl (C=O) groups excluding carboxylic acids is 1. The summed E-state index contributed by atoms with van der Waals surface area (Å²) in [5, 5.41) is 8.90. The number of carboxylic acid groups (broad SMARTS) is 1. The van der Waals surface area contributed by atoms with Gasteiger partial charge in [-0.2, -0.15) is 0 Å². The van der Waals surface area contributed by atoms with Crippen LogP contribution in [0.2, 0.25) is 0 Å². The lowest BCUT2D eigenvalue weighted by Crippen LogP contribution is -2.42. The maximum absolute atomic E-state index is 11.7. The molecule has 2 aliphatic rings. The van der Waals surface area contributed by atoms with Gasteiger partial charge in [0.1, 0.15) is 0 Å². The molecular weight excluding hydrogens is 210 g/mol. The zero-order valence-electron chi connectivity index (χ0n) is 9.39. The first-order valence-corrected chi connectivity index (χ1v) is 5.72. The van der Waals surface area contributed by atoms with Gasteiger partial charge in [0.05, 0.1) is 12.0 Å². The molecular formula is C11H17NO4. The molecule has 0 saturated carbocycles. The molecule has 3 atom stereocenters. The molecule has 1 amide bonds. The SMILES string of the molecule is CC1CC(N2CC(C(=O)O)CC2=O)CCO1. The van der Waals surface area contributed by atoms with Crippen LogP contribution in [0.4, 0.5) is 0 Å². The summed E-state index contributed by atoms with van der Waals surface area (Å²) in [5.74, 6) is -1.41.